The molecule has 0 aliphatic carbocycles. The zero-order valence-electron chi connectivity index (χ0n) is 11.9. The summed E-state index contributed by atoms with van der Waals surface area (Å²) in [4.78, 5) is 13.4. The molecule has 112 valence electrons. The molecule has 0 spiro atoms. The van der Waals surface area contributed by atoms with E-state index in [0.29, 0.717) is 30.0 Å². The Balaban J connectivity index is 2.05. The lowest BCUT2D eigenvalue weighted by molar-refractivity contribution is 0.0599. The van der Waals surface area contributed by atoms with Gasteiger partial charge >= 0.3 is 5.97 Å². The van der Waals surface area contributed by atoms with Gasteiger partial charge in [-0.1, -0.05) is 0 Å². The number of carbonyl (C=O) groups excluding carboxylic acids is 1. The molecule has 0 saturated carbocycles. The van der Waals surface area contributed by atoms with Gasteiger partial charge in [0.15, 0.2) is 9.84 Å². The number of carbonyl (C=O) groups is 1. The van der Waals surface area contributed by atoms with Crippen molar-refractivity contribution in [2.45, 2.75) is 25.9 Å². The number of hydrogen-bond acceptors (Lipinski definition) is 6. The topological polar surface area (TPSA) is 76.8 Å². The summed E-state index contributed by atoms with van der Waals surface area (Å²) in [7, 11) is 0.286. The average Bonchev–Trinajstić information content (AvgIpc) is 2.91. The Kier molecular flexibility index (Phi) is 4.19. The van der Waals surface area contributed by atoms with Crippen molar-refractivity contribution in [1.29, 1.82) is 0 Å². The average molecular weight is 301 g/mol. The third kappa shape index (κ3) is 3.21. The minimum Gasteiger partial charge on any atom is -0.465 e. The maximum Gasteiger partial charge on any atom is 0.341 e. The molecule has 2 rings (SSSR count). The number of methoxy groups -OCH3 is 1. The molecule has 1 fully saturated rings. The van der Waals surface area contributed by atoms with Crippen LogP contribution in [0.15, 0.2) is 10.5 Å². The van der Waals surface area contributed by atoms with Crippen LogP contribution in [0.2, 0.25) is 0 Å². The highest BCUT2D eigenvalue weighted by molar-refractivity contribution is 7.91. The molecule has 2 heterocycles. The third-order valence-corrected chi connectivity index (χ3v) is 5.36. The monoisotopic (exact) mass is 301 g/mol. The minimum absolute atomic E-state index is 0.00647. The van der Waals surface area contributed by atoms with Gasteiger partial charge in [-0.25, -0.2) is 13.2 Å². The van der Waals surface area contributed by atoms with Crippen molar-refractivity contribution < 1.29 is 22.4 Å². The Morgan fingerprint density at radius 1 is 1.55 bits per heavy atom. The van der Waals surface area contributed by atoms with E-state index >= 15 is 0 Å². The number of rotatable bonds is 4. The molecule has 20 heavy (non-hydrogen) atoms. The molecule has 1 aromatic rings. The van der Waals surface area contributed by atoms with Gasteiger partial charge in [-0.05, 0) is 26.5 Å². The number of esters is 1. The molecule has 1 aliphatic rings. The lowest BCUT2D eigenvalue weighted by Gasteiger charge is -2.21. The molecule has 1 saturated heterocycles. The highest BCUT2D eigenvalue weighted by Gasteiger charge is 2.31. The van der Waals surface area contributed by atoms with Crippen molar-refractivity contribution in [2.75, 3.05) is 25.7 Å². The lowest BCUT2D eigenvalue weighted by atomic mass is 10.2. The van der Waals surface area contributed by atoms with Crippen LogP contribution >= 0.6 is 0 Å². The fourth-order valence-corrected chi connectivity index (χ4v) is 4.24. The van der Waals surface area contributed by atoms with E-state index in [1.165, 1.54) is 7.11 Å². The van der Waals surface area contributed by atoms with Gasteiger partial charge in [0.1, 0.15) is 17.1 Å². The number of aryl methyl sites for hydroxylation is 1. The predicted molar refractivity (Wildman–Crippen MR) is 73.3 cm³/mol. The number of hydrogen-bond donors (Lipinski definition) is 0. The zero-order chi connectivity index (χ0) is 14.9. The van der Waals surface area contributed by atoms with Crippen molar-refractivity contribution in [3.8, 4) is 0 Å². The lowest BCUT2D eigenvalue weighted by Crippen LogP contribution is -2.31. The Hall–Kier alpha value is -1.34. The number of nitrogens with zero attached hydrogens (tertiary/aromatic N) is 1. The van der Waals surface area contributed by atoms with Gasteiger partial charge in [0.2, 0.25) is 0 Å². The molecule has 1 unspecified atom stereocenters. The van der Waals surface area contributed by atoms with E-state index in [0.717, 1.165) is 0 Å². The van der Waals surface area contributed by atoms with Crippen LogP contribution in [0, 0.1) is 6.92 Å². The van der Waals surface area contributed by atoms with E-state index in [1.807, 2.05) is 11.9 Å². The van der Waals surface area contributed by atoms with Gasteiger partial charge in [-0.3, -0.25) is 4.90 Å². The van der Waals surface area contributed by atoms with E-state index in [9.17, 15) is 13.2 Å². The quantitative estimate of drug-likeness (QED) is 0.772. The molecule has 0 aromatic carbocycles. The minimum atomic E-state index is -2.90. The van der Waals surface area contributed by atoms with Crippen LogP contribution in [0.1, 0.15) is 28.3 Å². The van der Waals surface area contributed by atoms with Crippen LogP contribution in [0.5, 0.6) is 0 Å². The van der Waals surface area contributed by atoms with Gasteiger partial charge < -0.3 is 9.15 Å². The summed E-state index contributed by atoms with van der Waals surface area (Å²) in [6, 6.07) is 1.66. The summed E-state index contributed by atoms with van der Waals surface area (Å²) >= 11 is 0. The van der Waals surface area contributed by atoms with Gasteiger partial charge in [0.25, 0.3) is 0 Å². The van der Waals surface area contributed by atoms with Crippen LogP contribution in [0.25, 0.3) is 0 Å². The van der Waals surface area contributed by atoms with Crippen molar-refractivity contribution >= 4 is 15.8 Å². The van der Waals surface area contributed by atoms with Crippen molar-refractivity contribution in [3.05, 3.63) is 23.2 Å². The maximum atomic E-state index is 11.5. The van der Waals surface area contributed by atoms with Crippen molar-refractivity contribution in [3.63, 3.8) is 0 Å². The van der Waals surface area contributed by atoms with Crippen LogP contribution in [0.4, 0.5) is 0 Å². The van der Waals surface area contributed by atoms with Crippen LogP contribution in [0.3, 0.4) is 0 Å². The van der Waals surface area contributed by atoms with E-state index in [-0.39, 0.29) is 17.5 Å². The number of ether oxygens (including phenoxy) is 1. The molecular weight excluding hydrogens is 282 g/mol. The Bertz CT molecular complexity index is 604. The fraction of sp³-hybridized carbons (Fsp3) is 0.615. The van der Waals surface area contributed by atoms with Crippen molar-refractivity contribution in [1.82, 2.24) is 4.90 Å². The van der Waals surface area contributed by atoms with Gasteiger partial charge in [0, 0.05) is 6.04 Å². The first-order valence-corrected chi connectivity index (χ1v) is 8.23. The molecule has 6 nitrogen and oxygen atoms in total. The normalized spacial score (nSPS) is 21.3. The zero-order valence-corrected chi connectivity index (χ0v) is 12.7. The summed E-state index contributed by atoms with van der Waals surface area (Å²) in [5.41, 5.74) is 0.412. The molecular formula is C13H19NO5S. The first-order chi connectivity index (χ1) is 9.32. The molecule has 0 radical (unpaired) electrons. The van der Waals surface area contributed by atoms with Gasteiger partial charge in [0.05, 0.1) is 25.2 Å². The van der Waals surface area contributed by atoms with E-state index < -0.39 is 15.8 Å². The summed E-state index contributed by atoms with van der Waals surface area (Å²) in [6.07, 6.45) is 0.641. The first-order valence-electron chi connectivity index (χ1n) is 6.40. The standard InChI is InChI=1S/C13H19NO5S/c1-9-12(13(15)18-3)6-11(19-9)7-14(2)10-4-5-20(16,17)8-10/h6,10H,4-5,7-8H2,1-3H3. The summed E-state index contributed by atoms with van der Waals surface area (Å²) in [5.74, 6) is 1.15. The molecule has 1 aromatic heterocycles. The van der Waals surface area contributed by atoms with Gasteiger partial charge in [-0.15, -0.1) is 0 Å². The Labute approximate surface area is 118 Å². The van der Waals surface area contributed by atoms with Crippen LogP contribution in [-0.4, -0.2) is 51.0 Å². The summed E-state index contributed by atoms with van der Waals surface area (Å²) < 4.78 is 33.1. The van der Waals surface area contributed by atoms with E-state index in [4.69, 9.17) is 4.42 Å². The molecule has 1 atom stereocenters. The number of sulfone groups is 1. The van der Waals surface area contributed by atoms with E-state index in [2.05, 4.69) is 4.74 Å². The highest BCUT2D eigenvalue weighted by atomic mass is 32.2. The Morgan fingerprint density at radius 3 is 2.80 bits per heavy atom. The Morgan fingerprint density at radius 2 is 2.25 bits per heavy atom. The molecule has 0 bridgehead atoms. The highest BCUT2D eigenvalue weighted by Crippen LogP contribution is 2.21. The molecule has 7 heteroatoms. The van der Waals surface area contributed by atoms with Crippen LogP contribution < -0.4 is 0 Å². The van der Waals surface area contributed by atoms with Gasteiger partial charge in [-0.2, -0.15) is 0 Å². The molecule has 0 N–H and O–H groups in total. The number of furan rings is 1. The van der Waals surface area contributed by atoms with Crippen LogP contribution in [-0.2, 0) is 21.1 Å². The predicted octanol–water partition coefficient (Wildman–Crippen LogP) is 0.994. The second-order valence-corrected chi connectivity index (χ2v) is 7.37. The molecule has 0 amide bonds. The maximum absolute atomic E-state index is 11.5. The first kappa shape index (κ1) is 15.1. The smallest absolute Gasteiger partial charge is 0.341 e. The third-order valence-electron chi connectivity index (χ3n) is 3.61. The molecule has 1 aliphatic heterocycles. The van der Waals surface area contributed by atoms with E-state index in [1.54, 1.807) is 13.0 Å². The fourth-order valence-electron chi connectivity index (χ4n) is 2.43. The summed E-state index contributed by atoms with van der Waals surface area (Å²) in [6.45, 7) is 2.17. The van der Waals surface area contributed by atoms with Crippen molar-refractivity contribution in [2.24, 2.45) is 0 Å². The largest absolute Gasteiger partial charge is 0.465 e. The summed E-state index contributed by atoms with van der Waals surface area (Å²) in [5, 5.41) is 0. The second-order valence-electron chi connectivity index (χ2n) is 5.15. The second kappa shape index (κ2) is 5.57. The SMILES string of the molecule is COC(=O)c1cc(CN(C)C2CCS(=O)(=O)C2)oc1C.